The third-order valence-electron chi connectivity index (χ3n) is 5.59. The van der Waals surface area contributed by atoms with Crippen molar-refractivity contribution >= 4 is 11.9 Å². The first-order valence-electron chi connectivity index (χ1n) is 11.1. The van der Waals surface area contributed by atoms with Crippen molar-refractivity contribution in [2.75, 3.05) is 19.7 Å². The minimum absolute atomic E-state index is 0.0974. The Morgan fingerprint density at radius 1 is 1.31 bits per heavy atom. The van der Waals surface area contributed by atoms with Crippen molar-refractivity contribution in [1.29, 1.82) is 0 Å². The molecule has 1 aliphatic heterocycles. The molecule has 1 aliphatic carbocycles. The molecule has 2 aliphatic rings. The maximum absolute atomic E-state index is 12.4. The minimum Gasteiger partial charge on any atom is -0.493 e. The number of hydrogen-bond donors (Lipinski definition) is 3. The average molecular weight is 401 g/mol. The number of amides is 1. The summed E-state index contributed by atoms with van der Waals surface area (Å²) in [6.45, 7) is 8.46. The maximum atomic E-state index is 12.4. The van der Waals surface area contributed by atoms with E-state index in [1.165, 1.54) is 11.1 Å². The number of ether oxygens (including phenoxy) is 1. The number of nitrogens with zero attached hydrogens (tertiary/aromatic N) is 1. The molecule has 6 nitrogen and oxygen atoms in total. The van der Waals surface area contributed by atoms with E-state index in [1.54, 1.807) is 0 Å². The van der Waals surface area contributed by atoms with E-state index in [0.29, 0.717) is 6.04 Å². The summed E-state index contributed by atoms with van der Waals surface area (Å²) >= 11 is 0. The van der Waals surface area contributed by atoms with Crippen molar-refractivity contribution in [3.05, 3.63) is 29.3 Å². The van der Waals surface area contributed by atoms with Gasteiger partial charge >= 0.3 is 0 Å². The predicted molar refractivity (Wildman–Crippen MR) is 117 cm³/mol. The third kappa shape index (κ3) is 6.38. The SMILES string of the molecule is CCNC(=NCCc1ccc2c(c1)CCO2)NC1CCCC(C(=O)NC(C)C)C1. The summed E-state index contributed by atoms with van der Waals surface area (Å²) in [5.74, 6) is 2.17. The lowest BCUT2D eigenvalue weighted by Gasteiger charge is -2.30. The van der Waals surface area contributed by atoms with Gasteiger partial charge in [0.2, 0.25) is 5.91 Å². The highest BCUT2D eigenvalue weighted by molar-refractivity contribution is 5.81. The second kappa shape index (κ2) is 10.5. The van der Waals surface area contributed by atoms with Crippen molar-refractivity contribution < 1.29 is 9.53 Å². The van der Waals surface area contributed by atoms with Gasteiger partial charge in [0.25, 0.3) is 0 Å². The third-order valence-corrected chi connectivity index (χ3v) is 5.59. The van der Waals surface area contributed by atoms with Crippen molar-refractivity contribution in [2.45, 2.75) is 71.4 Å². The highest BCUT2D eigenvalue weighted by Crippen LogP contribution is 2.26. The average Bonchev–Trinajstić information content (AvgIpc) is 3.16. The van der Waals surface area contributed by atoms with Crippen LogP contribution in [0.5, 0.6) is 5.75 Å². The lowest BCUT2D eigenvalue weighted by molar-refractivity contribution is -0.126. The number of rotatable bonds is 7. The number of carbonyl (C=O) groups excluding carboxylic acids is 1. The Bertz CT molecular complexity index is 717. The van der Waals surface area contributed by atoms with Crippen molar-refractivity contribution in [3.63, 3.8) is 0 Å². The smallest absolute Gasteiger partial charge is 0.223 e. The first kappa shape index (κ1) is 21.5. The van der Waals surface area contributed by atoms with E-state index in [0.717, 1.165) is 69.9 Å². The van der Waals surface area contributed by atoms with E-state index >= 15 is 0 Å². The van der Waals surface area contributed by atoms with Crippen LogP contribution in [0.1, 0.15) is 57.6 Å². The van der Waals surface area contributed by atoms with Crippen LogP contribution in [0, 0.1) is 5.92 Å². The molecule has 0 spiro atoms. The van der Waals surface area contributed by atoms with Crippen LogP contribution in [0.25, 0.3) is 0 Å². The van der Waals surface area contributed by atoms with Crippen LogP contribution in [0.2, 0.25) is 0 Å². The van der Waals surface area contributed by atoms with E-state index in [2.05, 4.69) is 41.1 Å². The normalized spacial score (nSPS) is 21.4. The summed E-state index contributed by atoms with van der Waals surface area (Å²) in [6, 6.07) is 6.95. The number of nitrogens with one attached hydrogen (secondary N) is 3. The van der Waals surface area contributed by atoms with Gasteiger partial charge < -0.3 is 20.7 Å². The molecule has 3 rings (SSSR count). The van der Waals surface area contributed by atoms with Gasteiger partial charge in [-0.3, -0.25) is 9.79 Å². The highest BCUT2D eigenvalue weighted by atomic mass is 16.5. The Hall–Kier alpha value is -2.24. The summed E-state index contributed by atoms with van der Waals surface area (Å²) in [5, 5.41) is 9.97. The van der Waals surface area contributed by atoms with E-state index in [4.69, 9.17) is 9.73 Å². The fourth-order valence-corrected chi connectivity index (χ4v) is 4.17. The molecule has 6 heteroatoms. The molecule has 2 atom stereocenters. The van der Waals surface area contributed by atoms with E-state index in [-0.39, 0.29) is 17.9 Å². The Labute approximate surface area is 174 Å². The molecule has 160 valence electrons. The van der Waals surface area contributed by atoms with Crippen LogP contribution in [0.3, 0.4) is 0 Å². The van der Waals surface area contributed by atoms with E-state index in [9.17, 15) is 4.79 Å². The van der Waals surface area contributed by atoms with Gasteiger partial charge in [-0.25, -0.2) is 0 Å². The number of guanidine groups is 1. The topological polar surface area (TPSA) is 74.8 Å². The molecular weight excluding hydrogens is 364 g/mol. The molecule has 0 saturated heterocycles. The molecule has 1 saturated carbocycles. The first-order chi connectivity index (χ1) is 14.0. The molecular formula is C23H36N4O2. The van der Waals surface area contributed by atoms with Crippen LogP contribution >= 0.6 is 0 Å². The molecule has 2 unspecified atom stereocenters. The number of carbonyl (C=O) groups is 1. The predicted octanol–water partition coefficient (Wildman–Crippen LogP) is 2.80. The standard InChI is InChI=1S/C23H36N4O2/c1-4-24-23(25-12-10-17-8-9-21-18(14-17)11-13-29-21)27-20-7-5-6-19(15-20)22(28)26-16(2)3/h8-9,14,16,19-20H,4-7,10-13,15H2,1-3H3,(H,26,28)(H2,24,25,27). The zero-order valence-electron chi connectivity index (χ0n) is 18.1. The second-order valence-electron chi connectivity index (χ2n) is 8.42. The van der Waals surface area contributed by atoms with Crippen LogP contribution in [0.4, 0.5) is 0 Å². The molecule has 3 N–H and O–H groups in total. The number of aliphatic imine (C=N–C) groups is 1. The Morgan fingerprint density at radius 2 is 2.17 bits per heavy atom. The van der Waals surface area contributed by atoms with Gasteiger partial charge in [-0.05, 0) is 63.6 Å². The molecule has 1 heterocycles. The van der Waals surface area contributed by atoms with Crippen molar-refractivity contribution in [3.8, 4) is 5.75 Å². The summed E-state index contributed by atoms with van der Waals surface area (Å²) in [5.41, 5.74) is 2.61. The summed E-state index contributed by atoms with van der Waals surface area (Å²) in [7, 11) is 0. The number of hydrogen-bond acceptors (Lipinski definition) is 3. The quantitative estimate of drug-likeness (QED) is 0.486. The van der Waals surface area contributed by atoms with E-state index < -0.39 is 0 Å². The molecule has 1 fully saturated rings. The molecule has 0 aromatic heterocycles. The summed E-state index contributed by atoms with van der Waals surface area (Å²) in [4.78, 5) is 17.2. The summed E-state index contributed by atoms with van der Waals surface area (Å²) < 4.78 is 5.58. The molecule has 1 aromatic rings. The second-order valence-corrected chi connectivity index (χ2v) is 8.42. The number of fused-ring (bicyclic) bond motifs is 1. The fourth-order valence-electron chi connectivity index (χ4n) is 4.17. The lowest BCUT2D eigenvalue weighted by Crippen LogP contribution is -2.47. The van der Waals surface area contributed by atoms with E-state index in [1.807, 2.05) is 13.8 Å². The molecule has 1 amide bonds. The van der Waals surface area contributed by atoms with Gasteiger partial charge in [0.05, 0.1) is 6.61 Å². The Balaban J connectivity index is 1.52. The van der Waals surface area contributed by atoms with Crippen molar-refractivity contribution in [2.24, 2.45) is 10.9 Å². The largest absolute Gasteiger partial charge is 0.493 e. The Kier molecular flexibility index (Phi) is 7.78. The number of benzene rings is 1. The summed E-state index contributed by atoms with van der Waals surface area (Å²) in [6.07, 6.45) is 5.92. The van der Waals surface area contributed by atoms with Crippen LogP contribution in [-0.2, 0) is 17.6 Å². The van der Waals surface area contributed by atoms with Gasteiger partial charge in [0.15, 0.2) is 5.96 Å². The van der Waals surface area contributed by atoms with Gasteiger partial charge in [0, 0.05) is 37.5 Å². The molecule has 29 heavy (non-hydrogen) atoms. The molecule has 0 bridgehead atoms. The minimum atomic E-state index is 0.0974. The van der Waals surface area contributed by atoms with Gasteiger partial charge in [0.1, 0.15) is 5.75 Å². The van der Waals surface area contributed by atoms with Crippen LogP contribution in [0.15, 0.2) is 23.2 Å². The molecule has 1 aromatic carbocycles. The van der Waals surface area contributed by atoms with Gasteiger partial charge in [-0.2, -0.15) is 0 Å². The zero-order valence-corrected chi connectivity index (χ0v) is 18.1. The monoisotopic (exact) mass is 400 g/mol. The lowest BCUT2D eigenvalue weighted by atomic mass is 9.85. The van der Waals surface area contributed by atoms with Gasteiger partial charge in [-0.15, -0.1) is 0 Å². The zero-order chi connectivity index (χ0) is 20.6. The fraction of sp³-hybridized carbons (Fsp3) is 0.652. The molecule has 0 radical (unpaired) electrons. The van der Waals surface area contributed by atoms with Crippen LogP contribution in [-0.4, -0.2) is 43.6 Å². The van der Waals surface area contributed by atoms with Gasteiger partial charge in [-0.1, -0.05) is 18.6 Å². The van der Waals surface area contributed by atoms with Crippen molar-refractivity contribution in [1.82, 2.24) is 16.0 Å². The highest BCUT2D eigenvalue weighted by Gasteiger charge is 2.28. The Morgan fingerprint density at radius 3 is 2.97 bits per heavy atom. The maximum Gasteiger partial charge on any atom is 0.223 e. The first-order valence-corrected chi connectivity index (χ1v) is 11.1. The van der Waals surface area contributed by atoms with Crippen LogP contribution < -0.4 is 20.7 Å².